The van der Waals surface area contributed by atoms with Crippen molar-refractivity contribution in [1.82, 2.24) is 5.43 Å². The molecule has 0 amide bonds. The fourth-order valence-corrected chi connectivity index (χ4v) is 1.62. The summed E-state index contributed by atoms with van der Waals surface area (Å²) in [4.78, 5) is 0. The molecule has 0 fully saturated rings. The summed E-state index contributed by atoms with van der Waals surface area (Å²) in [5.74, 6) is 5.50. The summed E-state index contributed by atoms with van der Waals surface area (Å²) in [5, 5.41) is 0. The molecule has 0 aromatic rings. The normalized spacial score (nSPS) is 19.1. The van der Waals surface area contributed by atoms with Crippen LogP contribution >= 0.6 is 0 Å². The van der Waals surface area contributed by atoms with Crippen LogP contribution in [0.3, 0.4) is 0 Å². The van der Waals surface area contributed by atoms with E-state index < -0.39 is 0 Å². The number of unbranched alkanes of at least 4 members (excludes halogenated alkanes) is 1. The maximum Gasteiger partial charge on any atom is 0.0876 e. The van der Waals surface area contributed by atoms with Gasteiger partial charge in [-0.1, -0.05) is 19.8 Å². The molecule has 1 unspecified atom stereocenters. The molecule has 13 heavy (non-hydrogen) atoms. The van der Waals surface area contributed by atoms with Gasteiger partial charge in [0.2, 0.25) is 0 Å². The summed E-state index contributed by atoms with van der Waals surface area (Å²) in [5.41, 5.74) is 4.18. The zero-order valence-electron chi connectivity index (χ0n) is 8.38. The van der Waals surface area contributed by atoms with Gasteiger partial charge in [-0.2, -0.15) is 0 Å². The second-order valence-corrected chi connectivity index (χ2v) is 3.53. The molecule has 3 N–H and O–H groups in total. The number of nitrogens with two attached hydrogens (primary N) is 1. The highest BCUT2D eigenvalue weighted by atomic mass is 16.5. The molecule has 0 aromatic heterocycles. The third-order valence-electron chi connectivity index (χ3n) is 2.46. The Kier molecular flexibility index (Phi) is 4.86. The quantitative estimate of drug-likeness (QED) is 0.505. The molecule has 0 saturated heterocycles. The Bertz CT molecular complexity index is 168. The second-order valence-electron chi connectivity index (χ2n) is 3.53. The Hall–Kier alpha value is -0.540. The van der Waals surface area contributed by atoms with Crippen molar-refractivity contribution in [3.63, 3.8) is 0 Å². The van der Waals surface area contributed by atoms with Crippen molar-refractivity contribution in [3.05, 3.63) is 11.8 Å². The van der Waals surface area contributed by atoms with E-state index in [4.69, 9.17) is 10.6 Å². The maximum absolute atomic E-state index is 5.50. The first-order chi connectivity index (χ1) is 6.38. The van der Waals surface area contributed by atoms with Crippen molar-refractivity contribution in [3.8, 4) is 0 Å². The minimum atomic E-state index is 0.320. The van der Waals surface area contributed by atoms with E-state index in [0.29, 0.717) is 6.04 Å². The SMILES string of the molecule is CCCCC(NN)C1=COCCC1. The van der Waals surface area contributed by atoms with Crippen LogP contribution in [0.15, 0.2) is 11.8 Å². The molecule has 3 heteroatoms. The van der Waals surface area contributed by atoms with Gasteiger partial charge in [0.25, 0.3) is 0 Å². The zero-order valence-corrected chi connectivity index (χ0v) is 8.38. The molecule has 0 bridgehead atoms. The summed E-state index contributed by atoms with van der Waals surface area (Å²) in [6.45, 7) is 3.05. The third-order valence-corrected chi connectivity index (χ3v) is 2.46. The minimum absolute atomic E-state index is 0.320. The molecule has 1 rings (SSSR count). The van der Waals surface area contributed by atoms with E-state index in [9.17, 15) is 0 Å². The van der Waals surface area contributed by atoms with Crippen molar-refractivity contribution < 1.29 is 4.74 Å². The van der Waals surface area contributed by atoms with E-state index in [1.54, 1.807) is 0 Å². The predicted octanol–water partition coefficient (Wildman–Crippen LogP) is 1.70. The molecule has 0 aromatic carbocycles. The van der Waals surface area contributed by atoms with Gasteiger partial charge in [0, 0.05) is 6.04 Å². The summed E-state index contributed by atoms with van der Waals surface area (Å²) in [6, 6.07) is 0.320. The number of hydrogen-bond acceptors (Lipinski definition) is 3. The van der Waals surface area contributed by atoms with Crippen LogP contribution in [0, 0.1) is 0 Å². The molecular formula is C10H20N2O. The van der Waals surface area contributed by atoms with Gasteiger partial charge >= 0.3 is 0 Å². The smallest absolute Gasteiger partial charge is 0.0876 e. The molecule has 1 heterocycles. The highest BCUT2D eigenvalue weighted by Crippen LogP contribution is 2.18. The van der Waals surface area contributed by atoms with Crippen molar-refractivity contribution in [2.45, 2.75) is 45.1 Å². The molecule has 0 saturated carbocycles. The van der Waals surface area contributed by atoms with Crippen LogP contribution in [0.4, 0.5) is 0 Å². The Labute approximate surface area is 80.3 Å². The van der Waals surface area contributed by atoms with Crippen LogP contribution in [0.5, 0.6) is 0 Å². The Morgan fingerprint density at radius 1 is 1.69 bits per heavy atom. The molecular weight excluding hydrogens is 164 g/mol. The summed E-state index contributed by atoms with van der Waals surface area (Å²) < 4.78 is 5.29. The van der Waals surface area contributed by atoms with Crippen molar-refractivity contribution in [2.24, 2.45) is 5.84 Å². The summed E-state index contributed by atoms with van der Waals surface area (Å²) in [7, 11) is 0. The minimum Gasteiger partial charge on any atom is -0.501 e. The van der Waals surface area contributed by atoms with Gasteiger partial charge < -0.3 is 4.74 Å². The molecule has 76 valence electrons. The lowest BCUT2D eigenvalue weighted by molar-refractivity contribution is 0.218. The molecule has 3 nitrogen and oxygen atoms in total. The van der Waals surface area contributed by atoms with Gasteiger partial charge in [0.1, 0.15) is 0 Å². The third kappa shape index (κ3) is 3.36. The number of rotatable bonds is 5. The van der Waals surface area contributed by atoms with Crippen molar-refractivity contribution in [2.75, 3.05) is 6.61 Å². The first-order valence-corrected chi connectivity index (χ1v) is 5.15. The van der Waals surface area contributed by atoms with E-state index in [2.05, 4.69) is 12.3 Å². The van der Waals surface area contributed by atoms with Gasteiger partial charge in [-0.25, -0.2) is 0 Å². The highest BCUT2D eigenvalue weighted by Gasteiger charge is 2.14. The summed E-state index contributed by atoms with van der Waals surface area (Å²) in [6.07, 6.45) is 7.67. The Balaban J connectivity index is 2.39. The Morgan fingerprint density at radius 3 is 3.08 bits per heavy atom. The van der Waals surface area contributed by atoms with E-state index in [1.165, 1.54) is 18.4 Å². The fraction of sp³-hybridized carbons (Fsp3) is 0.800. The van der Waals surface area contributed by atoms with Crippen LogP contribution in [-0.4, -0.2) is 12.6 Å². The van der Waals surface area contributed by atoms with E-state index in [-0.39, 0.29) is 0 Å². The average Bonchev–Trinajstić information content (AvgIpc) is 2.21. The van der Waals surface area contributed by atoms with Gasteiger partial charge in [0.15, 0.2) is 0 Å². The molecule has 1 aliphatic heterocycles. The van der Waals surface area contributed by atoms with Crippen LogP contribution in [0.2, 0.25) is 0 Å². The lowest BCUT2D eigenvalue weighted by atomic mass is 9.98. The predicted molar refractivity (Wildman–Crippen MR) is 53.9 cm³/mol. The molecule has 0 radical (unpaired) electrons. The number of nitrogens with one attached hydrogen (secondary N) is 1. The lowest BCUT2D eigenvalue weighted by Gasteiger charge is -2.22. The number of hydrazine groups is 1. The van der Waals surface area contributed by atoms with Gasteiger partial charge in [-0.05, 0) is 24.8 Å². The van der Waals surface area contributed by atoms with E-state index >= 15 is 0 Å². The van der Waals surface area contributed by atoms with Crippen LogP contribution in [0.25, 0.3) is 0 Å². The summed E-state index contributed by atoms with van der Waals surface area (Å²) >= 11 is 0. The molecule has 1 atom stereocenters. The van der Waals surface area contributed by atoms with Gasteiger partial charge in [0.05, 0.1) is 12.9 Å². The maximum atomic E-state index is 5.50. The largest absolute Gasteiger partial charge is 0.501 e. The molecule has 0 spiro atoms. The zero-order chi connectivity index (χ0) is 9.52. The first-order valence-electron chi connectivity index (χ1n) is 5.15. The van der Waals surface area contributed by atoms with Gasteiger partial charge in [-0.3, -0.25) is 11.3 Å². The topological polar surface area (TPSA) is 47.3 Å². The first kappa shape index (κ1) is 10.5. The second kappa shape index (κ2) is 6.00. The molecule has 1 aliphatic rings. The fourth-order valence-electron chi connectivity index (χ4n) is 1.62. The van der Waals surface area contributed by atoms with Crippen LogP contribution < -0.4 is 11.3 Å². The Morgan fingerprint density at radius 2 is 2.54 bits per heavy atom. The molecule has 0 aliphatic carbocycles. The standard InChI is InChI=1S/C10H20N2O/c1-2-3-6-10(12-11)9-5-4-7-13-8-9/h8,10,12H,2-7,11H2,1H3. The van der Waals surface area contributed by atoms with E-state index in [0.717, 1.165) is 25.9 Å². The highest BCUT2D eigenvalue weighted by molar-refractivity contribution is 5.09. The van der Waals surface area contributed by atoms with Crippen molar-refractivity contribution in [1.29, 1.82) is 0 Å². The van der Waals surface area contributed by atoms with Gasteiger partial charge in [-0.15, -0.1) is 0 Å². The monoisotopic (exact) mass is 184 g/mol. The lowest BCUT2D eigenvalue weighted by Crippen LogP contribution is -2.37. The van der Waals surface area contributed by atoms with Crippen LogP contribution in [0.1, 0.15) is 39.0 Å². The number of hydrogen-bond donors (Lipinski definition) is 2. The average molecular weight is 184 g/mol. The van der Waals surface area contributed by atoms with Crippen molar-refractivity contribution >= 4 is 0 Å². The van der Waals surface area contributed by atoms with Crippen LogP contribution in [-0.2, 0) is 4.74 Å². The number of ether oxygens (including phenoxy) is 1. The van der Waals surface area contributed by atoms with E-state index in [1.807, 2.05) is 6.26 Å².